The molecular formula is C28H31N3O5. The maximum atomic E-state index is 9.68. The monoisotopic (exact) mass is 489 g/mol. The first-order chi connectivity index (χ1) is 17.8. The van der Waals surface area contributed by atoms with Gasteiger partial charge in [0.15, 0.2) is 0 Å². The average molecular weight is 490 g/mol. The molecule has 1 heterocycles. The van der Waals surface area contributed by atoms with E-state index >= 15 is 0 Å². The molecule has 0 amide bonds. The molecule has 0 spiro atoms. The van der Waals surface area contributed by atoms with E-state index in [0.717, 1.165) is 16.7 Å². The van der Waals surface area contributed by atoms with Crippen LogP contribution in [0.25, 0.3) is 10.4 Å². The molecule has 0 unspecified atom stereocenters. The molecule has 188 valence electrons. The molecule has 3 aromatic carbocycles. The molecule has 0 radical (unpaired) electrons. The van der Waals surface area contributed by atoms with Gasteiger partial charge < -0.3 is 24.1 Å². The van der Waals surface area contributed by atoms with Gasteiger partial charge in [0.25, 0.3) is 0 Å². The molecule has 1 aliphatic rings. The Kier molecular flexibility index (Phi) is 9.87. The van der Waals surface area contributed by atoms with Gasteiger partial charge in [-0.2, -0.15) is 0 Å². The maximum absolute atomic E-state index is 9.68. The van der Waals surface area contributed by atoms with E-state index in [-0.39, 0.29) is 25.4 Å². The lowest BCUT2D eigenvalue weighted by molar-refractivity contribution is -0.113. The highest BCUT2D eigenvalue weighted by atomic mass is 16.6. The summed E-state index contributed by atoms with van der Waals surface area (Å²) in [5.41, 5.74) is 12.3. The van der Waals surface area contributed by atoms with Crippen molar-refractivity contribution in [3.63, 3.8) is 0 Å². The molecule has 4 rings (SSSR count). The van der Waals surface area contributed by atoms with Crippen LogP contribution in [0.4, 0.5) is 0 Å². The van der Waals surface area contributed by atoms with E-state index in [9.17, 15) is 10.6 Å². The molecular weight excluding hydrogens is 458 g/mol. The molecule has 8 nitrogen and oxygen atoms in total. The lowest BCUT2D eigenvalue weighted by atomic mass is 10.0. The summed E-state index contributed by atoms with van der Waals surface area (Å²) in [4.78, 5) is 3.08. The fourth-order valence-corrected chi connectivity index (χ4v) is 4.06. The van der Waals surface area contributed by atoms with Gasteiger partial charge in [-0.25, -0.2) is 0 Å². The van der Waals surface area contributed by atoms with Crippen molar-refractivity contribution in [1.29, 1.82) is 0 Å². The Morgan fingerprint density at radius 2 is 1.33 bits per heavy atom. The zero-order valence-corrected chi connectivity index (χ0v) is 20.0. The first-order valence-corrected chi connectivity index (χ1v) is 12.0. The van der Waals surface area contributed by atoms with Crippen LogP contribution in [0.2, 0.25) is 0 Å². The lowest BCUT2D eigenvalue weighted by Gasteiger charge is -2.31. The molecule has 36 heavy (non-hydrogen) atoms. The van der Waals surface area contributed by atoms with Gasteiger partial charge in [0.2, 0.25) is 0 Å². The van der Waals surface area contributed by atoms with Crippen molar-refractivity contribution < 1.29 is 24.1 Å². The van der Waals surface area contributed by atoms with E-state index in [4.69, 9.17) is 18.9 Å². The number of hydrogen-bond acceptors (Lipinski definition) is 6. The zero-order valence-electron chi connectivity index (χ0n) is 20.0. The first-order valence-electron chi connectivity index (χ1n) is 12.0. The van der Waals surface area contributed by atoms with Gasteiger partial charge >= 0.3 is 0 Å². The number of benzene rings is 3. The third-order valence-electron chi connectivity index (χ3n) is 6.00. The van der Waals surface area contributed by atoms with Crippen molar-refractivity contribution in [2.24, 2.45) is 5.11 Å². The Balaban J connectivity index is 1.53. The molecule has 1 N–H and O–H groups in total. The predicted molar refractivity (Wildman–Crippen MR) is 135 cm³/mol. The molecule has 1 saturated heterocycles. The van der Waals surface area contributed by atoms with Crippen LogP contribution in [-0.4, -0.2) is 48.8 Å². The van der Waals surface area contributed by atoms with E-state index in [2.05, 4.69) is 10.0 Å². The second-order valence-electron chi connectivity index (χ2n) is 8.62. The largest absolute Gasteiger partial charge is 0.394 e. The van der Waals surface area contributed by atoms with Crippen molar-refractivity contribution in [2.75, 3.05) is 13.2 Å². The third-order valence-corrected chi connectivity index (χ3v) is 6.00. The number of nitrogens with zero attached hydrogens (tertiary/aromatic N) is 3. The number of aliphatic hydroxyl groups excluding tert-OH is 1. The summed E-state index contributed by atoms with van der Waals surface area (Å²) in [6, 6.07) is 28.7. The summed E-state index contributed by atoms with van der Waals surface area (Å²) < 4.78 is 24.3. The van der Waals surface area contributed by atoms with E-state index in [1.54, 1.807) is 0 Å². The second-order valence-corrected chi connectivity index (χ2v) is 8.62. The van der Waals surface area contributed by atoms with Gasteiger partial charge in [-0.05, 0) is 22.2 Å². The van der Waals surface area contributed by atoms with Crippen molar-refractivity contribution in [1.82, 2.24) is 0 Å². The summed E-state index contributed by atoms with van der Waals surface area (Å²) in [6.07, 6.45) is -1.99. The Hall–Kier alpha value is -3.23. The number of azide groups is 1. The van der Waals surface area contributed by atoms with E-state index in [1.807, 2.05) is 91.0 Å². The van der Waals surface area contributed by atoms with Crippen molar-refractivity contribution >= 4 is 0 Å². The number of epoxide rings is 1. The SMILES string of the molecule is [N-]=[N+]=N[C@H](COCc1ccccc1)[C@@H](OCc1ccccc1)[C@H](OCc1ccccc1)[C@H]1O[C@@H]1CO. The third kappa shape index (κ3) is 7.63. The molecule has 0 aromatic heterocycles. The van der Waals surface area contributed by atoms with Crippen LogP contribution < -0.4 is 0 Å². The number of hydrogen-bond donors (Lipinski definition) is 1. The molecule has 1 aliphatic heterocycles. The molecule has 0 aliphatic carbocycles. The van der Waals surface area contributed by atoms with Crippen LogP contribution in [0.3, 0.4) is 0 Å². The van der Waals surface area contributed by atoms with Gasteiger partial charge in [-0.3, -0.25) is 0 Å². The van der Waals surface area contributed by atoms with Crippen LogP contribution >= 0.6 is 0 Å². The topological polar surface area (TPSA) is 109 Å². The van der Waals surface area contributed by atoms with Crippen LogP contribution in [0.15, 0.2) is 96.1 Å². The van der Waals surface area contributed by atoms with Crippen LogP contribution in [0.5, 0.6) is 0 Å². The number of ether oxygens (including phenoxy) is 4. The second kappa shape index (κ2) is 13.8. The molecule has 1 fully saturated rings. The van der Waals surface area contributed by atoms with Gasteiger partial charge in [0.1, 0.15) is 18.3 Å². The first kappa shape index (κ1) is 25.9. The van der Waals surface area contributed by atoms with E-state index in [0.29, 0.717) is 19.8 Å². The summed E-state index contributed by atoms with van der Waals surface area (Å²) in [6.45, 7) is 1.00. The minimum absolute atomic E-state index is 0.127. The highest BCUT2D eigenvalue weighted by Gasteiger charge is 2.50. The molecule has 3 aromatic rings. The standard InChI is InChI=1S/C28H31N3O5/c29-31-30-24(20-33-17-21-10-4-1-5-11-21)26(34-18-22-12-6-2-7-13-22)28(27-25(16-32)36-27)35-19-23-14-8-3-9-15-23/h1-15,24-28,32H,16-20H2/t24-,25-,26-,27+,28+/m1/s1. The maximum Gasteiger partial charge on any atom is 0.115 e. The van der Waals surface area contributed by atoms with Gasteiger partial charge in [-0.15, -0.1) is 0 Å². The fourth-order valence-electron chi connectivity index (χ4n) is 4.06. The smallest absolute Gasteiger partial charge is 0.115 e. The number of aliphatic hydroxyl groups is 1. The quantitative estimate of drug-likeness (QED) is 0.143. The molecule has 0 saturated carbocycles. The van der Waals surface area contributed by atoms with Crippen molar-refractivity contribution in [2.45, 2.75) is 50.3 Å². The highest BCUT2D eigenvalue weighted by molar-refractivity contribution is 5.15. The minimum atomic E-state index is -0.674. The Bertz CT molecular complexity index is 1080. The lowest BCUT2D eigenvalue weighted by Crippen LogP contribution is -2.46. The number of rotatable bonds is 15. The summed E-state index contributed by atoms with van der Waals surface area (Å²) in [5.74, 6) is 0. The Labute approximate surface area is 211 Å². The van der Waals surface area contributed by atoms with Crippen LogP contribution in [0, 0.1) is 0 Å². The van der Waals surface area contributed by atoms with Crippen LogP contribution in [-0.2, 0) is 38.8 Å². The predicted octanol–water partition coefficient (Wildman–Crippen LogP) is 4.81. The molecule has 8 heteroatoms. The van der Waals surface area contributed by atoms with Crippen LogP contribution in [0.1, 0.15) is 16.7 Å². The average Bonchev–Trinajstić information content (AvgIpc) is 3.71. The normalized spacial score (nSPS) is 19.1. The summed E-state index contributed by atoms with van der Waals surface area (Å²) in [5, 5.41) is 13.7. The summed E-state index contributed by atoms with van der Waals surface area (Å²) >= 11 is 0. The van der Waals surface area contributed by atoms with Gasteiger partial charge in [-0.1, -0.05) is 96.1 Å². The minimum Gasteiger partial charge on any atom is -0.394 e. The van der Waals surface area contributed by atoms with Crippen molar-refractivity contribution in [3.8, 4) is 0 Å². The van der Waals surface area contributed by atoms with Gasteiger partial charge in [0, 0.05) is 4.91 Å². The Morgan fingerprint density at radius 1 is 0.806 bits per heavy atom. The van der Waals surface area contributed by atoms with E-state index in [1.165, 1.54) is 0 Å². The fraction of sp³-hybridized carbons (Fsp3) is 0.357. The Morgan fingerprint density at radius 3 is 1.83 bits per heavy atom. The van der Waals surface area contributed by atoms with E-state index < -0.39 is 18.2 Å². The summed E-state index contributed by atoms with van der Waals surface area (Å²) in [7, 11) is 0. The van der Waals surface area contributed by atoms with Gasteiger partial charge in [0.05, 0.1) is 45.2 Å². The molecule has 5 atom stereocenters. The molecule has 0 bridgehead atoms. The highest BCUT2D eigenvalue weighted by Crippen LogP contribution is 2.32. The van der Waals surface area contributed by atoms with Crippen molar-refractivity contribution in [3.05, 3.63) is 118 Å². The zero-order chi connectivity index (χ0) is 25.0.